The van der Waals surface area contributed by atoms with Crippen LogP contribution in [0.5, 0.6) is 0 Å². The first-order chi connectivity index (χ1) is 8.73. The molecule has 1 aromatic rings. The second-order valence-electron chi connectivity index (χ2n) is 5.46. The van der Waals surface area contributed by atoms with Crippen LogP contribution >= 0.6 is 0 Å². The minimum Gasteiger partial charge on any atom is -0.469 e. The molecule has 0 heterocycles. The van der Waals surface area contributed by atoms with E-state index in [4.69, 9.17) is 4.74 Å². The zero-order valence-corrected chi connectivity index (χ0v) is 10.8. The summed E-state index contributed by atoms with van der Waals surface area (Å²) in [7, 11) is 1.47. The van der Waals surface area contributed by atoms with Crippen molar-refractivity contribution >= 4 is 11.7 Å². The number of aryl methyl sites for hydroxylation is 2. The Morgan fingerprint density at radius 3 is 2.83 bits per heavy atom. The van der Waals surface area contributed by atoms with Crippen LogP contribution in [0.4, 0.5) is 5.69 Å². The fraction of sp³-hybridized carbons (Fsp3) is 0.533. The van der Waals surface area contributed by atoms with Gasteiger partial charge in [0.2, 0.25) is 0 Å². The van der Waals surface area contributed by atoms with Crippen LogP contribution in [-0.4, -0.2) is 19.6 Å². The summed E-state index contributed by atoms with van der Waals surface area (Å²) < 4.78 is 4.86. The molecule has 0 bridgehead atoms. The molecule has 1 aromatic carbocycles. The van der Waals surface area contributed by atoms with Gasteiger partial charge in [0.15, 0.2) is 0 Å². The number of carbonyl (C=O) groups excluding carboxylic acids is 1. The van der Waals surface area contributed by atoms with Crippen LogP contribution in [0.3, 0.4) is 0 Å². The molecule has 0 saturated heterocycles. The summed E-state index contributed by atoms with van der Waals surface area (Å²) in [6.07, 6.45) is 5.55. The fourth-order valence-corrected chi connectivity index (χ4v) is 2.77. The van der Waals surface area contributed by atoms with E-state index in [2.05, 4.69) is 23.5 Å². The Labute approximate surface area is 108 Å². The zero-order chi connectivity index (χ0) is 12.6. The first-order valence-corrected chi connectivity index (χ1v) is 6.68. The van der Waals surface area contributed by atoms with Crippen molar-refractivity contribution in [1.82, 2.24) is 0 Å². The largest absolute Gasteiger partial charge is 0.469 e. The third-order valence-corrected chi connectivity index (χ3v) is 4.20. The van der Waals surface area contributed by atoms with E-state index in [0.29, 0.717) is 6.54 Å². The summed E-state index contributed by atoms with van der Waals surface area (Å²) in [4.78, 5) is 11.6. The van der Waals surface area contributed by atoms with Gasteiger partial charge in [-0.15, -0.1) is 0 Å². The second kappa shape index (κ2) is 4.30. The molecule has 2 aliphatic rings. The molecule has 3 heteroatoms. The number of benzene rings is 1. The summed E-state index contributed by atoms with van der Waals surface area (Å²) in [6, 6.07) is 6.57. The Morgan fingerprint density at radius 2 is 2.11 bits per heavy atom. The van der Waals surface area contributed by atoms with Crippen molar-refractivity contribution in [2.24, 2.45) is 5.41 Å². The Balaban J connectivity index is 1.65. The molecule has 0 aromatic heterocycles. The molecule has 96 valence electrons. The van der Waals surface area contributed by atoms with Gasteiger partial charge in [-0.05, 0) is 55.4 Å². The second-order valence-corrected chi connectivity index (χ2v) is 5.46. The van der Waals surface area contributed by atoms with Gasteiger partial charge in [0.1, 0.15) is 0 Å². The molecule has 1 fully saturated rings. The maximum absolute atomic E-state index is 11.6. The first kappa shape index (κ1) is 11.6. The maximum atomic E-state index is 11.6. The van der Waals surface area contributed by atoms with Gasteiger partial charge in [0, 0.05) is 12.2 Å². The van der Waals surface area contributed by atoms with Gasteiger partial charge in [0.05, 0.1) is 12.5 Å². The fourth-order valence-electron chi connectivity index (χ4n) is 2.77. The standard InChI is InChI=1S/C15H19NO2/c1-18-14(17)15(7-8-15)10-16-13-6-5-11-3-2-4-12(11)9-13/h5-6,9,16H,2-4,7-8,10H2,1H3. The van der Waals surface area contributed by atoms with Crippen molar-refractivity contribution in [1.29, 1.82) is 0 Å². The molecule has 0 atom stereocenters. The SMILES string of the molecule is COC(=O)C1(CNc2ccc3c(c2)CCC3)CC1. The van der Waals surface area contributed by atoms with E-state index in [9.17, 15) is 4.79 Å². The van der Waals surface area contributed by atoms with E-state index in [1.54, 1.807) is 0 Å². The average Bonchev–Trinajstić information content (AvgIpc) is 3.05. The maximum Gasteiger partial charge on any atom is 0.313 e. The van der Waals surface area contributed by atoms with Gasteiger partial charge < -0.3 is 10.1 Å². The lowest BCUT2D eigenvalue weighted by molar-refractivity contribution is -0.146. The Hall–Kier alpha value is -1.51. The van der Waals surface area contributed by atoms with E-state index in [1.165, 1.54) is 37.5 Å². The Morgan fingerprint density at radius 1 is 1.33 bits per heavy atom. The normalized spacial score (nSPS) is 19.2. The number of ether oxygens (including phenoxy) is 1. The quantitative estimate of drug-likeness (QED) is 0.828. The first-order valence-electron chi connectivity index (χ1n) is 6.68. The number of hydrogen-bond acceptors (Lipinski definition) is 3. The minimum atomic E-state index is -0.256. The number of methoxy groups -OCH3 is 1. The highest BCUT2D eigenvalue weighted by Gasteiger charge is 2.50. The highest BCUT2D eigenvalue weighted by atomic mass is 16.5. The van der Waals surface area contributed by atoms with Crippen LogP contribution in [0.15, 0.2) is 18.2 Å². The number of esters is 1. The van der Waals surface area contributed by atoms with Crippen LogP contribution in [-0.2, 0) is 22.4 Å². The third kappa shape index (κ3) is 1.98. The molecule has 0 aliphatic heterocycles. The Kier molecular flexibility index (Phi) is 2.77. The van der Waals surface area contributed by atoms with Crippen molar-refractivity contribution in [3.8, 4) is 0 Å². The van der Waals surface area contributed by atoms with Crippen molar-refractivity contribution in [2.45, 2.75) is 32.1 Å². The predicted octanol–water partition coefficient (Wildman–Crippen LogP) is 2.54. The molecule has 3 nitrogen and oxygen atoms in total. The van der Waals surface area contributed by atoms with E-state index in [1.807, 2.05) is 0 Å². The molecular formula is C15H19NO2. The highest BCUT2D eigenvalue weighted by molar-refractivity contribution is 5.80. The van der Waals surface area contributed by atoms with Crippen LogP contribution in [0.2, 0.25) is 0 Å². The smallest absolute Gasteiger partial charge is 0.313 e. The molecule has 2 aliphatic carbocycles. The predicted molar refractivity (Wildman–Crippen MR) is 70.6 cm³/mol. The van der Waals surface area contributed by atoms with E-state index >= 15 is 0 Å². The van der Waals surface area contributed by atoms with Crippen molar-refractivity contribution < 1.29 is 9.53 Å². The molecule has 3 rings (SSSR count). The molecule has 1 saturated carbocycles. The molecule has 0 radical (unpaired) electrons. The van der Waals surface area contributed by atoms with Crippen molar-refractivity contribution in [3.05, 3.63) is 29.3 Å². The molecule has 18 heavy (non-hydrogen) atoms. The summed E-state index contributed by atoms with van der Waals surface area (Å²) in [5, 5.41) is 3.39. The molecule has 0 amide bonds. The third-order valence-electron chi connectivity index (χ3n) is 4.20. The van der Waals surface area contributed by atoms with Crippen LogP contribution in [0, 0.1) is 5.41 Å². The summed E-state index contributed by atoms with van der Waals surface area (Å²) >= 11 is 0. The number of nitrogens with one attached hydrogen (secondary N) is 1. The number of hydrogen-bond donors (Lipinski definition) is 1. The number of rotatable bonds is 4. The van der Waals surface area contributed by atoms with Gasteiger partial charge >= 0.3 is 5.97 Å². The number of anilines is 1. The van der Waals surface area contributed by atoms with Crippen molar-refractivity contribution in [3.63, 3.8) is 0 Å². The van der Waals surface area contributed by atoms with Gasteiger partial charge in [-0.2, -0.15) is 0 Å². The molecule has 0 unspecified atom stereocenters. The van der Waals surface area contributed by atoms with Gasteiger partial charge in [-0.3, -0.25) is 4.79 Å². The van der Waals surface area contributed by atoms with E-state index in [-0.39, 0.29) is 11.4 Å². The van der Waals surface area contributed by atoms with Crippen molar-refractivity contribution in [2.75, 3.05) is 19.0 Å². The Bertz CT molecular complexity index is 477. The highest BCUT2D eigenvalue weighted by Crippen LogP contribution is 2.46. The summed E-state index contributed by atoms with van der Waals surface area (Å²) in [5.74, 6) is -0.0730. The lowest BCUT2D eigenvalue weighted by Crippen LogP contribution is -2.25. The lowest BCUT2D eigenvalue weighted by atomic mass is 10.1. The van der Waals surface area contributed by atoms with Gasteiger partial charge in [-0.25, -0.2) is 0 Å². The van der Waals surface area contributed by atoms with E-state index in [0.717, 1.165) is 18.5 Å². The molecule has 1 N–H and O–H groups in total. The van der Waals surface area contributed by atoms with Crippen LogP contribution in [0.1, 0.15) is 30.4 Å². The summed E-state index contributed by atoms with van der Waals surface area (Å²) in [6.45, 7) is 0.693. The minimum absolute atomic E-state index is 0.0730. The molecule has 0 spiro atoms. The number of carbonyl (C=O) groups is 1. The average molecular weight is 245 g/mol. The van der Waals surface area contributed by atoms with Crippen LogP contribution < -0.4 is 5.32 Å². The lowest BCUT2D eigenvalue weighted by Gasteiger charge is -2.15. The summed E-state index contributed by atoms with van der Waals surface area (Å²) in [5.41, 5.74) is 3.82. The van der Waals surface area contributed by atoms with Gasteiger partial charge in [0.25, 0.3) is 0 Å². The topological polar surface area (TPSA) is 38.3 Å². The van der Waals surface area contributed by atoms with Gasteiger partial charge in [-0.1, -0.05) is 6.07 Å². The zero-order valence-electron chi connectivity index (χ0n) is 10.8. The monoisotopic (exact) mass is 245 g/mol. The van der Waals surface area contributed by atoms with Crippen LogP contribution in [0.25, 0.3) is 0 Å². The van der Waals surface area contributed by atoms with E-state index < -0.39 is 0 Å². The molecular weight excluding hydrogens is 226 g/mol. The number of fused-ring (bicyclic) bond motifs is 1.